The number of sulfonamides is 1. The van der Waals surface area contributed by atoms with Gasteiger partial charge in [0.05, 0.1) is 28.1 Å². The smallest absolute Gasteiger partial charge is 0.262 e. The van der Waals surface area contributed by atoms with Crippen molar-refractivity contribution in [3.8, 4) is 0 Å². The number of anilines is 2. The van der Waals surface area contributed by atoms with Crippen LogP contribution in [-0.2, 0) is 19.6 Å². The monoisotopic (exact) mass is 368 g/mol. The van der Waals surface area contributed by atoms with Crippen molar-refractivity contribution in [1.29, 1.82) is 0 Å². The molecular formula is C19H16N2O4S. The minimum Gasteiger partial charge on any atom is -0.279 e. The fourth-order valence-electron chi connectivity index (χ4n) is 5.71. The van der Waals surface area contributed by atoms with Crippen LogP contribution in [0.2, 0.25) is 0 Å². The molecule has 0 radical (unpaired) electrons. The van der Waals surface area contributed by atoms with Crippen LogP contribution in [0.1, 0.15) is 19.3 Å². The van der Waals surface area contributed by atoms with Gasteiger partial charge in [0.25, 0.3) is 10.0 Å². The highest BCUT2D eigenvalue weighted by molar-refractivity contribution is 7.93. The molecule has 2 amide bonds. The quantitative estimate of drug-likeness (QED) is 0.784. The summed E-state index contributed by atoms with van der Waals surface area (Å²) in [5.41, 5.74) is 1.01. The summed E-state index contributed by atoms with van der Waals surface area (Å²) < 4.78 is 27.1. The van der Waals surface area contributed by atoms with E-state index in [-0.39, 0.29) is 28.5 Å². The third kappa shape index (κ3) is 1.56. The molecule has 4 aliphatic rings. The Hall–Kier alpha value is -2.41. The third-order valence-corrected chi connectivity index (χ3v) is 8.09. The van der Waals surface area contributed by atoms with Crippen LogP contribution in [0.4, 0.5) is 11.4 Å². The summed E-state index contributed by atoms with van der Waals surface area (Å²) in [7, 11) is -3.59. The van der Waals surface area contributed by atoms with Crippen LogP contribution in [0.5, 0.6) is 0 Å². The molecule has 1 saturated heterocycles. The molecule has 6 nitrogen and oxygen atoms in total. The Bertz CT molecular complexity index is 1110. The van der Waals surface area contributed by atoms with E-state index in [9.17, 15) is 18.0 Å². The Labute approximate surface area is 150 Å². The Kier molecular flexibility index (Phi) is 2.53. The zero-order valence-corrected chi connectivity index (χ0v) is 14.6. The molecule has 1 N–H and O–H groups in total. The van der Waals surface area contributed by atoms with E-state index in [0.29, 0.717) is 34.0 Å². The van der Waals surface area contributed by atoms with Gasteiger partial charge in [-0.15, -0.1) is 0 Å². The number of carbonyl (C=O) groups is 2. The van der Waals surface area contributed by atoms with Gasteiger partial charge in [-0.3, -0.25) is 14.3 Å². The lowest BCUT2D eigenvalue weighted by atomic mass is 9.81. The summed E-state index contributed by atoms with van der Waals surface area (Å²) >= 11 is 0. The van der Waals surface area contributed by atoms with Crippen molar-refractivity contribution in [2.45, 2.75) is 24.2 Å². The highest BCUT2D eigenvalue weighted by atomic mass is 32.2. The molecule has 26 heavy (non-hydrogen) atoms. The van der Waals surface area contributed by atoms with E-state index in [1.54, 1.807) is 30.3 Å². The first-order valence-electron chi connectivity index (χ1n) is 8.94. The number of hydrogen-bond acceptors (Lipinski definition) is 4. The average molecular weight is 368 g/mol. The van der Waals surface area contributed by atoms with E-state index in [2.05, 4.69) is 4.72 Å². The summed E-state index contributed by atoms with van der Waals surface area (Å²) in [6.45, 7) is 0. The number of imide groups is 1. The maximum atomic E-state index is 13.1. The molecule has 2 aliphatic heterocycles. The lowest BCUT2D eigenvalue weighted by molar-refractivity contribution is -0.123. The summed E-state index contributed by atoms with van der Waals surface area (Å²) in [4.78, 5) is 27.8. The Morgan fingerprint density at radius 2 is 1.65 bits per heavy atom. The number of nitrogens with one attached hydrogen (secondary N) is 1. The van der Waals surface area contributed by atoms with Crippen LogP contribution in [0, 0.1) is 23.7 Å². The van der Waals surface area contributed by atoms with Crippen molar-refractivity contribution >= 4 is 44.0 Å². The standard InChI is InChI=1S/C19H16N2O4S/c22-18-15-9-4-5-10(8-9)16(15)19(23)21(18)13-7-6-12-17-11(13)2-1-3-14(17)26(24,25)20-12/h1-3,6-7,9-10,15-16,20H,4-5,8H2/t9-,10+,15-,16+. The van der Waals surface area contributed by atoms with Crippen LogP contribution in [-0.4, -0.2) is 20.2 Å². The molecule has 2 aromatic rings. The maximum Gasteiger partial charge on any atom is 0.262 e. The largest absolute Gasteiger partial charge is 0.279 e. The molecule has 2 aromatic carbocycles. The minimum atomic E-state index is -3.59. The Morgan fingerprint density at radius 3 is 2.35 bits per heavy atom. The number of rotatable bonds is 1. The highest BCUT2D eigenvalue weighted by Crippen LogP contribution is 2.57. The third-order valence-electron chi connectivity index (χ3n) is 6.68. The van der Waals surface area contributed by atoms with Crippen molar-refractivity contribution in [3.05, 3.63) is 30.3 Å². The summed E-state index contributed by atoms with van der Waals surface area (Å²) in [6, 6.07) is 8.32. The van der Waals surface area contributed by atoms with Crippen LogP contribution in [0.15, 0.2) is 35.2 Å². The van der Waals surface area contributed by atoms with Crippen molar-refractivity contribution in [2.75, 3.05) is 9.62 Å². The molecule has 0 aromatic heterocycles. The maximum absolute atomic E-state index is 13.1. The van der Waals surface area contributed by atoms with Crippen molar-refractivity contribution in [1.82, 2.24) is 0 Å². The number of amides is 2. The molecule has 7 heteroatoms. The van der Waals surface area contributed by atoms with E-state index in [0.717, 1.165) is 19.3 Å². The SMILES string of the molecule is O=C1[C@@H]2[C@@H]3CC[C@@H](C3)[C@@H]2C(=O)N1c1ccc2c3c(cccc13)S(=O)(=O)N2. The van der Waals surface area contributed by atoms with Crippen LogP contribution in [0.3, 0.4) is 0 Å². The van der Waals surface area contributed by atoms with E-state index in [1.807, 2.05) is 0 Å². The Morgan fingerprint density at radius 1 is 0.962 bits per heavy atom. The predicted octanol–water partition coefficient (Wildman–Crippen LogP) is 2.49. The topological polar surface area (TPSA) is 83.6 Å². The lowest BCUT2D eigenvalue weighted by Gasteiger charge is -2.19. The van der Waals surface area contributed by atoms with Gasteiger partial charge in [0.15, 0.2) is 0 Å². The Balaban J connectivity index is 1.57. The minimum absolute atomic E-state index is 0.110. The van der Waals surface area contributed by atoms with Gasteiger partial charge < -0.3 is 0 Å². The molecular weight excluding hydrogens is 352 g/mol. The number of fused-ring (bicyclic) bond motifs is 5. The fourth-order valence-corrected chi connectivity index (χ4v) is 7.02. The summed E-state index contributed by atoms with van der Waals surface area (Å²) in [5, 5.41) is 1.19. The molecule has 3 fully saturated rings. The second-order valence-corrected chi connectivity index (χ2v) is 9.46. The lowest BCUT2D eigenvalue weighted by Crippen LogP contribution is -2.32. The zero-order valence-electron chi connectivity index (χ0n) is 13.8. The van der Waals surface area contributed by atoms with Crippen LogP contribution >= 0.6 is 0 Å². The van der Waals surface area contributed by atoms with Crippen molar-refractivity contribution < 1.29 is 18.0 Å². The second-order valence-electron chi connectivity index (χ2n) is 7.81. The molecule has 4 atom stereocenters. The first-order chi connectivity index (χ1) is 12.5. The van der Waals surface area contributed by atoms with Gasteiger partial charge in [0, 0.05) is 10.8 Å². The average Bonchev–Trinajstić information content (AvgIpc) is 3.34. The number of benzene rings is 2. The van der Waals surface area contributed by atoms with Gasteiger partial charge in [-0.1, -0.05) is 12.1 Å². The fraction of sp³-hybridized carbons (Fsp3) is 0.368. The van der Waals surface area contributed by atoms with Crippen molar-refractivity contribution in [2.24, 2.45) is 23.7 Å². The summed E-state index contributed by atoms with van der Waals surface area (Å²) in [5.74, 6) is 0.0521. The molecule has 6 rings (SSSR count). The van der Waals surface area contributed by atoms with E-state index in [1.165, 1.54) is 4.90 Å². The van der Waals surface area contributed by atoms with Gasteiger partial charge in [0.2, 0.25) is 11.8 Å². The van der Waals surface area contributed by atoms with Crippen molar-refractivity contribution in [3.63, 3.8) is 0 Å². The van der Waals surface area contributed by atoms with E-state index >= 15 is 0 Å². The number of nitrogens with zero attached hydrogens (tertiary/aromatic N) is 1. The van der Waals surface area contributed by atoms with Gasteiger partial charge in [0.1, 0.15) is 0 Å². The number of hydrogen-bond donors (Lipinski definition) is 1. The highest BCUT2D eigenvalue weighted by Gasteiger charge is 2.61. The first kappa shape index (κ1) is 14.7. The predicted molar refractivity (Wildman–Crippen MR) is 95.1 cm³/mol. The second kappa shape index (κ2) is 4.46. The van der Waals surface area contributed by atoms with E-state index < -0.39 is 10.0 Å². The number of carbonyl (C=O) groups excluding carboxylic acids is 2. The van der Waals surface area contributed by atoms with E-state index in [4.69, 9.17) is 0 Å². The van der Waals surface area contributed by atoms with Gasteiger partial charge >= 0.3 is 0 Å². The molecule has 132 valence electrons. The van der Waals surface area contributed by atoms with Crippen LogP contribution < -0.4 is 9.62 Å². The zero-order chi connectivity index (χ0) is 17.8. The molecule has 2 bridgehead atoms. The van der Waals surface area contributed by atoms with Gasteiger partial charge in [-0.2, -0.15) is 0 Å². The molecule has 2 saturated carbocycles. The van der Waals surface area contributed by atoms with Gasteiger partial charge in [-0.25, -0.2) is 13.3 Å². The molecule has 0 spiro atoms. The molecule has 2 aliphatic carbocycles. The molecule has 0 unspecified atom stereocenters. The molecule has 2 heterocycles. The summed E-state index contributed by atoms with van der Waals surface area (Å²) in [6.07, 6.45) is 3.06. The van der Waals surface area contributed by atoms with Crippen LogP contribution in [0.25, 0.3) is 10.8 Å². The van der Waals surface area contributed by atoms with Gasteiger partial charge in [-0.05, 0) is 49.3 Å². The first-order valence-corrected chi connectivity index (χ1v) is 10.4. The normalized spacial score (nSPS) is 33.2.